The number of hydrogen-bond acceptors (Lipinski definition) is 4. The van der Waals surface area contributed by atoms with Gasteiger partial charge < -0.3 is 10.5 Å². The molecule has 4 heteroatoms. The highest BCUT2D eigenvalue weighted by atomic mass is 32.2. The Morgan fingerprint density at radius 1 is 1.40 bits per heavy atom. The van der Waals surface area contributed by atoms with E-state index in [9.17, 15) is 0 Å². The van der Waals surface area contributed by atoms with Crippen molar-refractivity contribution in [3.8, 4) is 5.75 Å². The minimum absolute atomic E-state index is 0.175. The molecule has 1 aromatic carbocycles. The molecule has 0 spiro atoms. The van der Waals surface area contributed by atoms with Gasteiger partial charge >= 0.3 is 0 Å². The fourth-order valence-electron chi connectivity index (χ4n) is 1.12. The first-order chi connectivity index (χ1) is 7.17. The maximum atomic E-state index is 5.57. The highest BCUT2D eigenvalue weighted by molar-refractivity contribution is 8.10. The number of benzene rings is 1. The number of nitrogens with two attached hydrogens (primary N) is 1. The fourth-order valence-corrected chi connectivity index (χ4v) is 2.78. The third-order valence-electron chi connectivity index (χ3n) is 2.09. The number of thioether (sulfide) groups is 1. The number of hydrogen-bond donors (Lipinski definition) is 2. The normalized spacial score (nSPS) is 14.7. The van der Waals surface area contributed by atoms with Gasteiger partial charge in [-0.3, -0.25) is 0 Å². The molecule has 0 fully saturated rings. The maximum Gasteiger partial charge on any atom is 0.118 e. The topological polar surface area (TPSA) is 35.2 Å². The summed E-state index contributed by atoms with van der Waals surface area (Å²) in [6.45, 7) is 2.79. The predicted molar refractivity (Wildman–Crippen MR) is 70.8 cm³/mol. The van der Waals surface area contributed by atoms with E-state index in [1.54, 1.807) is 18.9 Å². The summed E-state index contributed by atoms with van der Waals surface area (Å²) in [5.74, 6) is 0.871. The van der Waals surface area contributed by atoms with Crippen LogP contribution in [0.2, 0.25) is 0 Å². The Labute approximate surface area is 101 Å². The van der Waals surface area contributed by atoms with E-state index >= 15 is 0 Å². The van der Waals surface area contributed by atoms with E-state index in [-0.39, 0.29) is 4.58 Å². The van der Waals surface area contributed by atoms with Crippen LogP contribution in [0.5, 0.6) is 5.75 Å². The molecule has 0 bridgehead atoms. The molecule has 15 heavy (non-hydrogen) atoms. The Kier molecular flexibility index (Phi) is 5.36. The molecule has 0 heterocycles. The Bertz CT molecular complexity index is 289. The van der Waals surface area contributed by atoms with Crippen molar-refractivity contribution in [3.05, 3.63) is 29.8 Å². The van der Waals surface area contributed by atoms with Gasteiger partial charge in [0.1, 0.15) is 5.75 Å². The zero-order chi connectivity index (χ0) is 11.3. The summed E-state index contributed by atoms with van der Waals surface area (Å²) in [6.07, 6.45) is 0. The summed E-state index contributed by atoms with van der Waals surface area (Å²) < 4.78 is 5.27. The van der Waals surface area contributed by atoms with Gasteiger partial charge in [0.15, 0.2) is 0 Å². The Hall–Kier alpha value is -0.320. The summed E-state index contributed by atoms with van der Waals surface area (Å²) in [5, 5.41) is 0.426. The molecule has 2 nitrogen and oxygen atoms in total. The van der Waals surface area contributed by atoms with E-state index in [4.69, 9.17) is 10.5 Å². The summed E-state index contributed by atoms with van der Waals surface area (Å²) in [7, 11) is 1.67. The minimum Gasteiger partial charge on any atom is -0.497 e. The number of methoxy groups -OCH3 is 1. The van der Waals surface area contributed by atoms with Crippen LogP contribution < -0.4 is 10.5 Å². The molecule has 2 N–H and O–H groups in total. The smallest absolute Gasteiger partial charge is 0.118 e. The Balaban J connectivity index is 2.61. The SMILES string of the molecule is COc1ccc(C(S)SC(C)CN)cc1. The molecule has 1 rings (SSSR count). The van der Waals surface area contributed by atoms with E-state index in [0.717, 1.165) is 5.75 Å². The third-order valence-corrected chi connectivity index (χ3v) is 3.94. The van der Waals surface area contributed by atoms with E-state index in [0.29, 0.717) is 11.8 Å². The van der Waals surface area contributed by atoms with Crippen molar-refractivity contribution in [2.24, 2.45) is 5.73 Å². The second-order valence-corrected chi connectivity index (χ2v) is 5.72. The lowest BCUT2D eigenvalue weighted by Crippen LogP contribution is -2.13. The number of rotatable bonds is 5. The number of ether oxygens (including phenoxy) is 1. The lowest BCUT2D eigenvalue weighted by Gasteiger charge is -2.15. The summed E-state index contributed by atoms with van der Waals surface area (Å²) >= 11 is 6.31. The summed E-state index contributed by atoms with van der Waals surface area (Å²) in [5.41, 5.74) is 6.75. The van der Waals surface area contributed by atoms with Crippen molar-refractivity contribution >= 4 is 24.4 Å². The van der Waals surface area contributed by atoms with Crippen LogP contribution in [0.3, 0.4) is 0 Å². The lowest BCUT2D eigenvalue weighted by atomic mass is 10.2. The number of thiol groups is 1. The molecule has 0 aliphatic carbocycles. The van der Waals surface area contributed by atoms with Gasteiger partial charge in [0.25, 0.3) is 0 Å². The van der Waals surface area contributed by atoms with Gasteiger partial charge in [0.2, 0.25) is 0 Å². The van der Waals surface area contributed by atoms with Crippen molar-refractivity contribution in [1.82, 2.24) is 0 Å². The molecule has 0 radical (unpaired) electrons. The molecule has 0 aromatic heterocycles. The van der Waals surface area contributed by atoms with Gasteiger partial charge in [-0.2, -0.15) is 12.6 Å². The first-order valence-electron chi connectivity index (χ1n) is 4.85. The van der Waals surface area contributed by atoms with Gasteiger partial charge in [-0.05, 0) is 17.7 Å². The Morgan fingerprint density at radius 3 is 2.47 bits per heavy atom. The lowest BCUT2D eigenvalue weighted by molar-refractivity contribution is 0.414. The quantitative estimate of drug-likeness (QED) is 0.616. The highest BCUT2D eigenvalue weighted by Gasteiger charge is 2.10. The van der Waals surface area contributed by atoms with Crippen molar-refractivity contribution in [2.45, 2.75) is 16.8 Å². The van der Waals surface area contributed by atoms with Crippen LogP contribution in [0.1, 0.15) is 17.1 Å². The van der Waals surface area contributed by atoms with E-state index in [2.05, 4.69) is 19.6 Å². The molecule has 0 saturated heterocycles. The second kappa shape index (κ2) is 6.30. The fraction of sp³-hybridized carbons (Fsp3) is 0.455. The first-order valence-corrected chi connectivity index (χ1v) is 6.31. The van der Waals surface area contributed by atoms with Crippen LogP contribution in [-0.2, 0) is 0 Å². The molecule has 2 atom stereocenters. The molecule has 1 aromatic rings. The summed E-state index contributed by atoms with van der Waals surface area (Å²) in [6, 6.07) is 7.97. The third kappa shape index (κ3) is 3.97. The van der Waals surface area contributed by atoms with Gasteiger partial charge in [-0.25, -0.2) is 0 Å². The largest absolute Gasteiger partial charge is 0.497 e. The molecular formula is C11H17NOS2. The Morgan fingerprint density at radius 2 is 2.00 bits per heavy atom. The molecule has 0 amide bonds. The van der Waals surface area contributed by atoms with Gasteiger partial charge in [0, 0.05) is 11.8 Å². The molecular weight excluding hydrogens is 226 g/mol. The minimum atomic E-state index is 0.175. The monoisotopic (exact) mass is 243 g/mol. The molecule has 84 valence electrons. The van der Waals surface area contributed by atoms with Crippen LogP contribution in [0, 0.1) is 0 Å². The van der Waals surface area contributed by atoms with E-state index < -0.39 is 0 Å². The van der Waals surface area contributed by atoms with E-state index in [1.165, 1.54) is 5.56 Å². The zero-order valence-corrected chi connectivity index (χ0v) is 10.7. The van der Waals surface area contributed by atoms with Gasteiger partial charge in [-0.1, -0.05) is 19.1 Å². The van der Waals surface area contributed by atoms with Gasteiger partial charge in [0.05, 0.1) is 11.7 Å². The van der Waals surface area contributed by atoms with Crippen LogP contribution >= 0.6 is 24.4 Å². The van der Waals surface area contributed by atoms with Crippen LogP contribution in [0.25, 0.3) is 0 Å². The molecule has 0 aliphatic rings. The van der Waals surface area contributed by atoms with Crippen molar-refractivity contribution in [2.75, 3.05) is 13.7 Å². The average molecular weight is 243 g/mol. The van der Waals surface area contributed by atoms with Crippen molar-refractivity contribution in [3.63, 3.8) is 0 Å². The predicted octanol–water partition coefficient (Wildman–Crippen LogP) is 2.70. The van der Waals surface area contributed by atoms with Crippen molar-refractivity contribution in [1.29, 1.82) is 0 Å². The standard InChI is InChI=1S/C11H17NOS2/c1-8(7-12)15-11(14)9-3-5-10(13-2)6-4-9/h3-6,8,11,14H,7,12H2,1-2H3. The first kappa shape index (κ1) is 12.7. The van der Waals surface area contributed by atoms with Crippen molar-refractivity contribution < 1.29 is 4.74 Å². The molecule has 0 saturated carbocycles. The molecule has 2 unspecified atom stereocenters. The zero-order valence-electron chi connectivity index (χ0n) is 9.01. The highest BCUT2D eigenvalue weighted by Crippen LogP contribution is 2.35. The molecule has 0 aliphatic heterocycles. The second-order valence-electron chi connectivity index (χ2n) is 3.31. The van der Waals surface area contributed by atoms with E-state index in [1.807, 2.05) is 24.3 Å². The average Bonchev–Trinajstić information content (AvgIpc) is 2.29. The van der Waals surface area contributed by atoms with Gasteiger partial charge in [-0.15, -0.1) is 11.8 Å². The van der Waals surface area contributed by atoms with Crippen LogP contribution in [-0.4, -0.2) is 18.9 Å². The maximum absolute atomic E-state index is 5.57. The van der Waals surface area contributed by atoms with Crippen LogP contribution in [0.4, 0.5) is 0 Å². The summed E-state index contributed by atoms with van der Waals surface area (Å²) in [4.78, 5) is 0. The van der Waals surface area contributed by atoms with Crippen LogP contribution in [0.15, 0.2) is 24.3 Å².